The van der Waals surface area contributed by atoms with Gasteiger partial charge >= 0.3 is 11.8 Å². The summed E-state index contributed by atoms with van der Waals surface area (Å²) in [6.45, 7) is 5.41. The average Bonchev–Trinajstić information content (AvgIpc) is 3.09. The summed E-state index contributed by atoms with van der Waals surface area (Å²) in [5.41, 5.74) is 1.50. The molecule has 1 saturated heterocycles. The maximum absolute atomic E-state index is 15.2. The van der Waals surface area contributed by atoms with E-state index in [0.717, 1.165) is 50.4 Å². The van der Waals surface area contributed by atoms with Crippen molar-refractivity contribution in [1.29, 1.82) is 0 Å². The minimum absolute atomic E-state index is 0.0735. The Kier molecular flexibility index (Phi) is 12.3. The van der Waals surface area contributed by atoms with Gasteiger partial charge in [0.05, 0.1) is 25.3 Å². The van der Waals surface area contributed by atoms with Gasteiger partial charge in [-0.25, -0.2) is 4.39 Å². The monoisotopic (exact) mass is 678 g/mol. The molecule has 12 heteroatoms. The van der Waals surface area contributed by atoms with E-state index >= 15 is 4.39 Å². The number of unbranched alkanes of at least 4 members (excludes halogenated alkanes) is 1. The second-order valence-corrected chi connectivity index (χ2v) is 11.9. The third-order valence-electron chi connectivity index (χ3n) is 7.99. The summed E-state index contributed by atoms with van der Waals surface area (Å²) < 4.78 is 38.5. The van der Waals surface area contributed by atoms with Crippen LogP contribution in [0.5, 0.6) is 28.7 Å². The zero-order chi connectivity index (χ0) is 33.9. The van der Waals surface area contributed by atoms with Crippen LogP contribution in [0.2, 0.25) is 5.02 Å². The van der Waals surface area contributed by atoms with Gasteiger partial charge in [-0.1, -0.05) is 31.0 Å². The van der Waals surface area contributed by atoms with Crippen LogP contribution in [0.1, 0.15) is 38.2 Å². The number of methoxy groups -OCH3 is 1. The molecule has 48 heavy (non-hydrogen) atoms. The fraction of sp³-hybridized carbons (Fsp3) is 0.361. The minimum atomic E-state index is -0.925. The number of amides is 2. The van der Waals surface area contributed by atoms with Gasteiger partial charge in [0.1, 0.15) is 17.0 Å². The van der Waals surface area contributed by atoms with E-state index < -0.39 is 17.6 Å². The molecule has 2 heterocycles. The van der Waals surface area contributed by atoms with Crippen molar-refractivity contribution in [3.63, 3.8) is 0 Å². The largest absolute Gasteiger partial charge is 0.492 e. The van der Waals surface area contributed by atoms with Gasteiger partial charge in [0, 0.05) is 29.9 Å². The zero-order valence-electron chi connectivity index (χ0n) is 27.1. The normalized spacial score (nSPS) is 13.2. The second-order valence-electron chi connectivity index (χ2n) is 11.5. The van der Waals surface area contributed by atoms with Crippen LogP contribution < -0.4 is 34.9 Å². The third-order valence-corrected chi connectivity index (χ3v) is 8.29. The number of fused-ring (bicyclic) bond motifs is 1. The van der Waals surface area contributed by atoms with E-state index in [4.69, 9.17) is 30.5 Å². The predicted octanol–water partition coefficient (Wildman–Crippen LogP) is 6.68. The summed E-state index contributed by atoms with van der Waals surface area (Å²) >= 11 is 6.31. The van der Waals surface area contributed by atoms with E-state index in [1.165, 1.54) is 12.1 Å². The molecule has 5 rings (SSSR count). The number of hydrogen-bond donors (Lipinski definition) is 3. The van der Waals surface area contributed by atoms with Crippen LogP contribution in [0.3, 0.4) is 0 Å². The third kappa shape index (κ3) is 9.05. The number of ether oxygens (including phenoxy) is 4. The molecule has 4 aromatic rings. The molecule has 1 aromatic heterocycles. The number of nitrogens with zero attached hydrogens (tertiary/aromatic N) is 1. The maximum Gasteiger partial charge on any atom is 0.313 e. The highest BCUT2D eigenvalue weighted by molar-refractivity contribution is 6.39. The molecule has 3 N–H and O–H groups in total. The van der Waals surface area contributed by atoms with Gasteiger partial charge in [-0.2, -0.15) is 0 Å². The molecular formula is C36H40ClFN4O6. The topological polar surface area (TPSA) is 120 Å². The van der Waals surface area contributed by atoms with Crippen LogP contribution in [-0.4, -0.2) is 56.8 Å². The number of pyridine rings is 1. The summed E-state index contributed by atoms with van der Waals surface area (Å²) in [5, 5.41) is 9.44. The molecule has 0 unspecified atom stereocenters. The molecule has 1 aliphatic rings. The average molecular weight is 679 g/mol. The first-order valence-corrected chi connectivity index (χ1v) is 16.5. The van der Waals surface area contributed by atoms with Crippen molar-refractivity contribution < 1.29 is 32.9 Å². The van der Waals surface area contributed by atoms with Gasteiger partial charge in [-0.15, -0.1) is 0 Å². The van der Waals surface area contributed by atoms with Crippen molar-refractivity contribution >= 4 is 40.0 Å². The van der Waals surface area contributed by atoms with Crippen LogP contribution in [0.15, 0.2) is 60.8 Å². The van der Waals surface area contributed by atoms with E-state index in [-0.39, 0.29) is 18.0 Å². The van der Waals surface area contributed by atoms with Crippen molar-refractivity contribution in [2.45, 2.75) is 39.0 Å². The van der Waals surface area contributed by atoms with Crippen molar-refractivity contribution in [2.75, 3.05) is 45.3 Å². The lowest BCUT2D eigenvalue weighted by atomic mass is 9.99. The number of rotatable bonds is 14. The van der Waals surface area contributed by atoms with Crippen molar-refractivity contribution in [3.05, 3.63) is 77.2 Å². The van der Waals surface area contributed by atoms with Gasteiger partial charge < -0.3 is 34.9 Å². The molecule has 0 bridgehead atoms. The number of halogens is 2. The Morgan fingerprint density at radius 1 is 0.979 bits per heavy atom. The van der Waals surface area contributed by atoms with Crippen LogP contribution in [0.25, 0.3) is 10.9 Å². The smallest absolute Gasteiger partial charge is 0.313 e. The number of benzene rings is 3. The summed E-state index contributed by atoms with van der Waals surface area (Å²) in [5.74, 6) is -0.0991. The number of hydrogen-bond acceptors (Lipinski definition) is 8. The predicted molar refractivity (Wildman–Crippen MR) is 183 cm³/mol. The van der Waals surface area contributed by atoms with E-state index in [0.29, 0.717) is 64.5 Å². The van der Waals surface area contributed by atoms with E-state index in [2.05, 4.69) is 27.9 Å². The summed E-state index contributed by atoms with van der Waals surface area (Å²) in [6.07, 6.45) is 6.07. The molecule has 10 nitrogen and oxygen atoms in total. The molecule has 2 amide bonds. The first-order chi connectivity index (χ1) is 23.4. The van der Waals surface area contributed by atoms with Crippen LogP contribution >= 0.6 is 11.6 Å². The molecule has 254 valence electrons. The maximum atomic E-state index is 15.2. The molecule has 1 fully saturated rings. The number of piperidine rings is 1. The van der Waals surface area contributed by atoms with Crippen LogP contribution in [0.4, 0.5) is 10.1 Å². The Labute approximate surface area is 284 Å². The van der Waals surface area contributed by atoms with E-state index in [1.54, 1.807) is 43.6 Å². The van der Waals surface area contributed by atoms with Gasteiger partial charge in [0.2, 0.25) is 0 Å². The minimum Gasteiger partial charge on any atom is -0.492 e. The van der Waals surface area contributed by atoms with Gasteiger partial charge in [0.25, 0.3) is 0 Å². The number of carbonyl (C=O) groups is 2. The molecule has 0 saturated carbocycles. The summed E-state index contributed by atoms with van der Waals surface area (Å²) in [7, 11) is 1.55. The van der Waals surface area contributed by atoms with Gasteiger partial charge in [0.15, 0.2) is 23.1 Å². The molecule has 0 atom stereocenters. The lowest BCUT2D eigenvalue weighted by Crippen LogP contribution is -2.36. The summed E-state index contributed by atoms with van der Waals surface area (Å²) in [6, 6.07) is 14.6. The second kappa shape index (κ2) is 17.0. The van der Waals surface area contributed by atoms with E-state index in [9.17, 15) is 9.59 Å². The zero-order valence-corrected chi connectivity index (χ0v) is 27.8. The molecule has 3 aromatic carbocycles. The summed E-state index contributed by atoms with van der Waals surface area (Å²) in [4.78, 5) is 29.4. The molecule has 0 aliphatic carbocycles. The van der Waals surface area contributed by atoms with E-state index in [1.807, 2.05) is 6.07 Å². The molecule has 1 aliphatic heterocycles. The highest BCUT2D eigenvalue weighted by Crippen LogP contribution is 2.40. The first-order valence-electron chi connectivity index (χ1n) is 16.1. The SMILES string of the molecule is CCCCOc1ccc(CCNC(=O)C(=O)Nc2ccc(Oc3ccnc4c(OC)c(OCC5CCNCC5)ccc34)c(F)c2)cc1Cl. The Morgan fingerprint density at radius 3 is 2.52 bits per heavy atom. The first kappa shape index (κ1) is 34.7. The quantitative estimate of drug-likeness (QED) is 0.0998. The van der Waals surface area contributed by atoms with Crippen molar-refractivity contribution in [3.8, 4) is 28.7 Å². The Balaban J connectivity index is 1.16. The molecular weight excluding hydrogens is 639 g/mol. The molecule has 0 spiro atoms. The Bertz CT molecular complexity index is 1730. The van der Waals surface area contributed by atoms with Gasteiger partial charge in [-0.3, -0.25) is 14.6 Å². The number of carbonyl (C=O) groups excluding carboxylic acids is 2. The number of aromatic nitrogens is 1. The Morgan fingerprint density at radius 2 is 1.77 bits per heavy atom. The number of nitrogens with one attached hydrogen (secondary N) is 3. The lowest BCUT2D eigenvalue weighted by Gasteiger charge is -2.23. The number of anilines is 1. The standard InChI is InChI=1S/C36H40ClFN4O6/c1-3-4-19-46-30-8-5-23(20-27(30)37)13-17-41-35(43)36(44)42-25-6-9-31(28(38)21-25)48-29-14-18-40-33-26(29)7-10-32(34(33)45-2)47-22-24-11-15-39-16-12-24/h5-10,14,18,20-21,24,39H,3-4,11-13,15-17,19,22H2,1-2H3,(H,41,43)(H,42,44). The highest BCUT2D eigenvalue weighted by atomic mass is 35.5. The van der Waals surface area contributed by atoms with Crippen molar-refractivity contribution in [2.24, 2.45) is 5.92 Å². The van der Waals surface area contributed by atoms with Crippen LogP contribution in [0, 0.1) is 11.7 Å². The fourth-order valence-corrected chi connectivity index (χ4v) is 5.57. The highest BCUT2D eigenvalue weighted by Gasteiger charge is 2.19. The molecule has 0 radical (unpaired) electrons. The Hall–Kier alpha value is -4.61. The van der Waals surface area contributed by atoms with Crippen LogP contribution in [-0.2, 0) is 16.0 Å². The lowest BCUT2D eigenvalue weighted by molar-refractivity contribution is -0.136. The van der Waals surface area contributed by atoms with Crippen molar-refractivity contribution in [1.82, 2.24) is 15.6 Å². The fourth-order valence-electron chi connectivity index (χ4n) is 5.32. The van der Waals surface area contributed by atoms with Gasteiger partial charge in [-0.05, 0) is 92.7 Å².